The van der Waals surface area contributed by atoms with Crippen molar-refractivity contribution in [3.8, 4) is 6.07 Å². The second-order valence-corrected chi connectivity index (χ2v) is 6.65. The maximum atomic E-state index is 13.5. The molecule has 2 aromatic rings. The Morgan fingerprint density at radius 1 is 1.25 bits per heavy atom. The summed E-state index contributed by atoms with van der Waals surface area (Å²) in [5.41, 5.74) is 1.23. The minimum absolute atomic E-state index is 0.0269. The van der Waals surface area contributed by atoms with Crippen LogP contribution in [0.25, 0.3) is 0 Å². The second-order valence-electron chi connectivity index (χ2n) is 5.12. The summed E-state index contributed by atoms with van der Waals surface area (Å²) >= 11 is 0. The normalized spacial score (nSPS) is 12.2. The number of primary sulfonamides is 1. The third-order valence-electron chi connectivity index (χ3n) is 3.39. The lowest BCUT2D eigenvalue weighted by atomic mass is 10.1. The van der Waals surface area contributed by atoms with Crippen LogP contribution in [0.4, 0.5) is 4.39 Å². The van der Waals surface area contributed by atoms with Crippen molar-refractivity contribution in [1.82, 2.24) is 5.32 Å². The van der Waals surface area contributed by atoms with Gasteiger partial charge in [-0.15, -0.1) is 0 Å². The SMILES string of the molecule is C[C@H](NC(=O)c1ccc(F)c(S(N)(=O)=O)c1)c1ccc(C#N)cc1. The Morgan fingerprint density at radius 2 is 1.88 bits per heavy atom. The van der Waals surface area contributed by atoms with E-state index in [4.69, 9.17) is 10.4 Å². The Labute approximate surface area is 138 Å². The van der Waals surface area contributed by atoms with Gasteiger partial charge in [0.15, 0.2) is 0 Å². The molecule has 2 rings (SSSR count). The standard InChI is InChI=1S/C16H14FN3O3S/c1-10(12-4-2-11(9-18)3-5-12)20-16(21)13-6-7-14(17)15(8-13)24(19,22)23/h2-8,10H,1H3,(H,20,21)(H2,19,22,23)/t10-/m0/s1. The van der Waals surface area contributed by atoms with Crippen molar-refractivity contribution in [3.05, 3.63) is 65.0 Å². The van der Waals surface area contributed by atoms with Gasteiger partial charge in [0.25, 0.3) is 5.91 Å². The van der Waals surface area contributed by atoms with Crippen molar-refractivity contribution in [3.63, 3.8) is 0 Å². The summed E-state index contributed by atoms with van der Waals surface area (Å²) in [4.78, 5) is 11.5. The zero-order chi connectivity index (χ0) is 17.9. The summed E-state index contributed by atoms with van der Waals surface area (Å²) in [6.45, 7) is 1.73. The molecular weight excluding hydrogens is 333 g/mol. The predicted molar refractivity (Wildman–Crippen MR) is 84.8 cm³/mol. The minimum atomic E-state index is -4.26. The molecule has 3 N–H and O–H groups in total. The molecule has 124 valence electrons. The molecule has 0 spiro atoms. The summed E-state index contributed by atoms with van der Waals surface area (Å²) in [5, 5.41) is 16.4. The molecular formula is C16H14FN3O3S. The highest BCUT2D eigenvalue weighted by Crippen LogP contribution is 2.17. The molecule has 0 aliphatic carbocycles. The molecule has 0 aromatic heterocycles. The number of halogens is 1. The molecule has 0 unspecified atom stereocenters. The fraction of sp³-hybridized carbons (Fsp3) is 0.125. The van der Waals surface area contributed by atoms with Gasteiger partial charge in [0.05, 0.1) is 17.7 Å². The number of hydrogen-bond donors (Lipinski definition) is 2. The first kappa shape index (κ1) is 17.6. The molecule has 0 aliphatic rings. The number of carbonyl (C=O) groups excluding carboxylic acids is 1. The monoisotopic (exact) mass is 347 g/mol. The summed E-state index contributed by atoms with van der Waals surface area (Å²) in [7, 11) is -4.26. The quantitative estimate of drug-likeness (QED) is 0.878. The highest BCUT2D eigenvalue weighted by atomic mass is 32.2. The van der Waals surface area contributed by atoms with E-state index in [0.29, 0.717) is 5.56 Å². The van der Waals surface area contributed by atoms with E-state index in [9.17, 15) is 17.6 Å². The van der Waals surface area contributed by atoms with Crippen LogP contribution in [0.15, 0.2) is 47.4 Å². The number of hydrogen-bond acceptors (Lipinski definition) is 4. The highest BCUT2D eigenvalue weighted by Gasteiger charge is 2.18. The number of sulfonamides is 1. The number of rotatable bonds is 4. The van der Waals surface area contributed by atoms with Gasteiger partial charge >= 0.3 is 0 Å². The van der Waals surface area contributed by atoms with E-state index in [2.05, 4.69) is 5.32 Å². The number of nitrogens with one attached hydrogen (secondary N) is 1. The fourth-order valence-corrected chi connectivity index (χ4v) is 2.70. The van der Waals surface area contributed by atoms with Crippen molar-refractivity contribution in [1.29, 1.82) is 5.26 Å². The van der Waals surface area contributed by atoms with Crippen LogP contribution in [0, 0.1) is 17.1 Å². The highest BCUT2D eigenvalue weighted by molar-refractivity contribution is 7.89. The van der Waals surface area contributed by atoms with Crippen molar-refractivity contribution in [2.75, 3.05) is 0 Å². The van der Waals surface area contributed by atoms with Gasteiger partial charge in [0.2, 0.25) is 10.0 Å². The lowest BCUT2D eigenvalue weighted by Gasteiger charge is -2.15. The van der Waals surface area contributed by atoms with E-state index < -0.39 is 32.7 Å². The van der Waals surface area contributed by atoms with Crippen molar-refractivity contribution >= 4 is 15.9 Å². The number of nitriles is 1. The molecule has 0 fully saturated rings. The molecule has 0 radical (unpaired) electrons. The molecule has 2 aromatic carbocycles. The maximum Gasteiger partial charge on any atom is 0.251 e. The topological polar surface area (TPSA) is 113 Å². The Hall–Kier alpha value is -2.76. The molecule has 1 atom stereocenters. The maximum absolute atomic E-state index is 13.5. The van der Waals surface area contributed by atoms with Crippen molar-refractivity contribution in [2.45, 2.75) is 17.9 Å². The number of benzene rings is 2. The summed E-state index contributed by atoms with van der Waals surface area (Å²) in [6.07, 6.45) is 0. The smallest absolute Gasteiger partial charge is 0.251 e. The molecule has 8 heteroatoms. The Morgan fingerprint density at radius 3 is 2.42 bits per heavy atom. The zero-order valence-electron chi connectivity index (χ0n) is 12.7. The Balaban J connectivity index is 2.21. The number of nitrogens with two attached hydrogens (primary N) is 1. The van der Waals surface area contributed by atoms with E-state index in [1.165, 1.54) is 6.07 Å². The summed E-state index contributed by atoms with van der Waals surface area (Å²) in [5.74, 6) is -1.59. The lowest BCUT2D eigenvalue weighted by Crippen LogP contribution is -2.27. The first-order valence-corrected chi connectivity index (χ1v) is 8.40. The van der Waals surface area contributed by atoms with Gasteiger partial charge in [-0.05, 0) is 42.8 Å². The number of carbonyl (C=O) groups is 1. The number of amides is 1. The van der Waals surface area contributed by atoms with Gasteiger partial charge in [0, 0.05) is 5.56 Å². The largest absolute Gasteiger partial charge is 0.346 e. The summed E-state index contributed by atoms with van der Waals surface area (Å²) < 4.78 is 36.1. The van der Waals surface area contributed by atoms with Crippen LogP contribution in [0.3, 0.4) is 0 Å². The van der Waals surface area contributed by atoms with E-state index in [1.54, 1.807) is 31.2 Å². The van der Waals surface area contributed by atoms with Gasteiger partial charge in [0.1, 0.15) is 10.7 Å². The van der Waals surface area contributed by atoms with Gasteiger partial charge in [-0.3, -0.25) is 4.79 Å². The van der Waals surface area contributed by atoms with Gasteiger partial charge in [-0.25, -0.2) is 17.9 Å². The van der Waals surface area contributed by atoms with Crippen molar-refractivity contribution < 1.29 is 17.6 Å². The predicted octanol–water partition coefficient (Wildman–Crippen LogP) is 1.84. The van der Waals surface area contributed by atoms with Crippen LogP contribution in [0.1, 0.15) is 34.5 Å². The molecule has 0 saturated carbocycles. The zero-order valence-corrected chi connectivity index (χ0v) is 13.5. The van der Waals surface area contributed by atoms with Crippen LogP contribution in [0.2, 0.25) is 0 Å². The Kier molecular flexibility index (Phi) is 4.97. The van der Waals surface area contributed by atoms with E-state index >= 15 is 0 Å². The van der Waals surface area contributed by atoms with E-state index in [-0.39, 0.29) is 5.56 Å². The van der Waals surface area contributed by atoms with Gasteiger partial charge < -0.3 is 5.32 Å². The van der Waals surface area contributed by atoms with Crippen LogP contribution < -0.4 is 10.5 Å². The molecule has 0 saturated heterocycles. The van der Waals surface area contributed by atoms with Gasteiger partial charge in [-0.1, -0.05) is 12.1 Å². The fourth-order valence-electron chi connectivity index (χ4n) is 2.07. The summed E-state index contributed by atoms with van der Waals surface area (Å²) in [6, 6.07) is 11.2. The average molecular weight is 347 g/mol. The second kappa shape index (κ2) is 6.78. The third kappa shape index (κ3) is 3.95. The van der Waals surface area contributed by atoms with Gasteiger partial charge in [-0.2, -0.15) is 5.26 Å². The van der Waals surface area contributed by atoms with Crippen LogP contribution in [-0.4, -0.2) is 14.3 Å². The van der Waals surface area contributed by atoms with Crippen LogP contribution in [0.5, 0.6) is 0 Å². The average Bonchev–Trinajstić information content (AvgIpc) is 2.54. The van der Waals surface area contributed by atoms with E-state index in [0.717, 1.165) is 17.7 Å². The van der Waals surface area contributed by atoms with Crippen molar-refractivity contribution in [2.24, 2.45) is 5.14 Å². The molecule has 0 bridgehead atoms. The third-order valence-corrected chi connectivity index (χ3v) is 4.31. The molecule has 0 heterocycles. The molecule has 1 amide bonds. The minimum Gasteiger partial charge on any atom is -0.346 e. The van der Waals surface area contributed by atoms with E-state index in [1.807, 2.05) is 6.07 Å². The Bertz CT molecular complexity index is 919. The van der Waals surface area contributed by atoms with Crippen LogP contribution >= 0.6 is 0 Å². The lowest BCUT2D eigenvalue weighted by molar-refractivity contribution is 0.0939. The first-order chi connectivity index (χ1) is 11.2. The van der Waals surface area contributed by atoms with Crippen LogP contribution in [-0.2, 0) is 10.0 Å². The molecule has 24 heavy (non-hydrogen) atoms. The molecule has 0 aliphatic heterocycles. The first-order valence-electron chi connectivity index (χ1n) is 6.85. The number of nitrogens with zero attached hydrogens (tertiary/aromatic N) is 1. The molecule has 6 nitrogen and oxygen atoms in total.